The summed E-state index contributed by atoms with van der Waals surface area (Å²) in [5, 5.41) is 7.75. The number of carbonyl (C=O) groups excluding carboxylic acids is 1. The lowest BCUT2D eigenvalue weighted by Crippen LogP contribution is -2.08. The normalized spacial score (nSPS) is 10.5. The molecule has 0 aliphatic rings. The average molecular weight is 342 g/mol. The van der Waals surface area contributed by atoms with Crippen molar-refractivity contribution in [1.82, 2.24) is 10.2 Å². The predicted octanol–water partition coefficient (Wildman–Crippen LogP) is 3.17. The van der Waals surface area contributed by atoms with E-state index >= 15 is 0 Å². The number of aromatic nitrogens is 2. The first-order valence-electron chi connectivity index (χ1n) is 7.51. The van der Waals surface area contributed by atoms with Crippen molar-refractivity contribution in [3.8, 4) is 17.2 Å². The van der Waals surface area contributed by atoms with E-state index in [2.05, 4.69) is 10.2 Å². The number of benzene rings is 2. The Balaban J connectivity index is 1.56. The molecule has 7 heteroatoms. The molecule has 1 aromatic heterocycles. The summed E-state index contributed by atoms with van der Waals surface area (Å²) in [4.78, 5) is 11.9. The summed E-state index contributed by atoms with van der Waals surface area (Å²) in [6.07, 6.45) is -0.0689. The van der Waals surface area contributed by atoms with Crippen LogP contribution in [0.25, 0.3) is 11.5 Å². The number of rotatable bonds is 6. The van der Waals surface area contributed by atoms with Crippen LogP contribution in [0.5, 0.6) is 5.75 Å². The molecule has 0 saturated carbocycles. The van der Waals surface area contributed by atoms with Crippen LogP contribution in [0.2, 0.25) is 0 Å². The maximum absolute atomic E-state index is 13.6. The lowest BCUT2D eigenvalue weighted by atomic mass is 10.1. The molecule has 25 heavy (non-hydrogen) atoms. The Kier molecular flexibility index (Phi) is 5.03. The third kappa shape index (κ3) is 4.20. The molecular weight excluding hydrogens is 327 g/mol. The van der Waals surface area contributed by atoms with Gasteiger partial charge in [-0.05, 0) is 29.8 Å². The van der Waals surface area contributed by atoms with Gasteiger partial charge >= 0.3 is 5.97 Å². The molecule has 0 amide bonds. The van der Waals surface area contributed by atoms with E-state index in [1.807, 2.05) is 30.3 Å². The molecule has 0 aliphatic carbocycles. The lowest BCUT2D eigenvalue weighted by molar-refractivity contribution is -0.144. The Hall–Kier alpha value is -3.22. The number of hydrogen-bond acceptors (Lipinski definition) is 6. The molecule has 2 aromatic carbocycles. The first-order valence-corrected chi connectivity index (χ1v) is 7.51. The fourth-order valence-corrected chi connectivity index (χ4v) is 2.19. The van der Waals surface area contributed by atoms with E-state index in [0.717, 1.165) is 5.56 Å². The molecule has 6 nitrogen and oxygen atoms in total. The lowest BCUT2D eigenvalue weighted by Gasteiger charge is -2.05. The minimum Gasteiger partial charge on any atom is -0.494 e. The highest BCUT2D eigenvalue weighted by Crippen LogP contribution is 2.19. The number of ether oxygens (including phenoxy) is 2. The van der Waals surface area contributed by atoms with Crippen molar-refractivity contribution < 1.29 is 23.1 Å². The number of halogens is 1. The number of carbonyl (C=O) groups is 1. The summed E-state index contributed by atoms with van der Waals surface area (Å²) in [6.45, 7) is -0.142. The largest absolute Gasteiger partial charge is 0.494 e. The Morgan fingerprint density at radius 2 is 1.96 bits per heavy atom. The second kappa shape index (κ2) is 7.57. The van der Waals surface area contributed by atoms with Gasteiger partial charge in [0.05, 0.1) is 13.5 Å². The second-order valence-electron chi connectivity index (χ2n) is 5.17. The summed E-state index contributed by atoms with van der Waals surface area (Å²) in [5.74, 6) is -0.394. The molecule has 0 saturated heterocycles. The van der Waals surface area contributed by atoms with Gasteiger partial charge in [-0.1, -0.05) is 24.3 Å². The van der Waals surface area contributed by atoms with Crippen LogP contribution in [-0.2, 0) is 22.6 Å². The van der Waals surface area contributed by atoms with Crippen molar-refractivity contribution in [3.63, 3.8) is 0 Å². The van der Waals surface area contributed by atoms with E-state index in [-0.39, 0.29) is 24.7 Å². The van der Waals surface area contributed by atoms with E-state index < -0.39 is 11.8 Å². The van der Waals surface area contributed by atoms with Crippen molar-refractivity contribution >= 4 is 5.97 Å². The van der Waals surface area contributed by atoms with Crippen LogP contribution in [0.3, 0.4) is 0 Å². The number of methoxy groups -OCH3 is 1. The van der Waals surface area contributed by atoms with E-state index in [1.54, 1.807) is 6.07 Å². The van der Waals surface area contributed by atoms with Crippen LogP contribution < -0.4 is 4.74 Å². The highest BCUT2D eigenvalue weighted by Gasteiger charge is 2.12. The fraction of sp³-hybridized carbons (Fsp3) is 0.167. The molecule has 0 bridgehead atoms. The van der Waals surface area contributed by atoms with Gasteiger partial charge < -0.3 is 13.9 Å². The zero-order valence-electron chi connectivity index (χ0n) is 13.4. The van der Waals surface area contributed by atoms with Gasteiger partial charge in [-0.25, -0.2) is 4.39 Å². The molecule has 3 rings (SSSR count). The van der Waals surface area contributed by atoms with Crippen LogP contribution in [0.4, 0.5) is 4.39 Å². The maximum atomic E-state index is 13.6. The summed E-state index contributed by atoms with van der Waals surface area (Å²) < 4.78 is 29.0. The summed E-state index contributed by atoms with van der Waals surface area (Å²) >= 11 is 0. The Morgan fingerprint density at radius 3 is 2.68 bits per heavy atom. The molecular formula is C18H15FN2O4. The number of hydrogen-bond donors (Lipinski definition) is 0. The van der Waals surface area contributed by atoms with Gasteiger partial charge in [0.15, 0.2) is 18.2 Å². The van der Waals surface area contributed by atoms with Crippen molar-refractivity contribution in [2.75, 3.05) is 7.11 Å². The Morgan fingerprint density at radius 1 is 1.16 bits per heavy atom. The van der Waals surface area contributed by atoms with E-state index in [0.29, 0.717) is 11.5 Å². The van der Waals surface area contributed by atoms with Gasteiger partial charge in [0.2, 0.25) is 5.89 Å². The van der Waals surface area contributed by atoms with Crippen LogP contribution in [-0.4, -0.2) is 23.3 Å². The third-order valence-electron chi connectivity index (χ3n) is 3.41. The zero-order valence-corrected chi connectivity index (χ0v) is 13.4. The zero-order chi connectivity index (χ0) is 17.6. The van der Waals surface area contributed by atoms with Gasteiger partial charge in [-0.15, -0.1) is 10.2 Å². The predicted molar refractivity (Wildman–Crippen MR) is 86.2 cm³/mol. The van der Waals surface area contributed by atoms with E-state index in [1.165, 1.54) is 19.2 Å². The minimum atomic E-state index is -0.530. The topological polar surface area (TPSA) is 74.5 Å². The molecule has 1 heterocycles. The Bertz CT molecular complexity index is 865. The van der Waals surface area contributed by atoms with Crippen molar-refractivity contribution in [1.29, 1.82) is 0 Å². The smallest absolute Gasteiger partial charge is 0.310 e. The third-order valence-corrected chi connectivity index (χ3v) is 3.41. The standard InChI is InChI=1S/C18H15FN2O4/c1-23-15-8-7-12(9-14(15)19)10-17(22)24-11-16-20-21-18(25-16)13-5-3-2-4-6-13/h2-9H,10-11H2,1H3. The van der Waals surface area contributed by atoms with Gasteiger partial charge in [0.1, 0.15) is 0 Å². The molecule has 3 aromatic rings. The van der Waals surface area contributed by atoms with Crippen molar-refractivity contribution in [2.45, 2.75) is 13.0 Å². The molecule has 0 aliphatic heterocycles. The SMILES string of the molecule is COc1ccc(CC(=O)OCc2nnc(-c3ccccc3)o2)cc1F. The van der Waals surface area contributed by atoms with Gasteiger partial charge in [-0.2, -0.15) is 0 Å². The molecule has 0 atom stereocenters. The van der Waals surface area contributed by atoms with Crippen molar-refractivity contribution in [3.05, 3.63) is 65.8 Å². The molecule has 0 unspecified atom stereocenters. The number of nitrogens with zero attached hydrogens (tertiary/aromatic N) is 2. The maximum Gasteiger partial charge on any atom is 0.310 e. The average Bonchev–Trinajstić information content (AvgIpc) is 3.10. The quantitative estimate of drug-likeness (QED) is 0.641. The molecule has 128 valence electrons. The summed E-state index contributed by atoms with van der Waals surface area (Å²) in [7, 11) is 1.38. The van der Waals surface area contributed by atoms with Gasteiger partial charge in [0.25, 0.3) is 5.89 Å². The van der Waals surface area contributed by atoms with Crippen molar-refractivity contribution in [2.24, 2.45) is 0 Å². The van der Waals surface area contributed by atoms with Crippen LogP contribution in [0.15, 0.2) is 52.9 Å². The minimum absolute atomic E-state index is 0.0689. The number of esters is 1. The summed E-state index contributed by atoms with van der Waals surface area (Å²) in [5.41, 5.74) is 1.26. The van der Waals surface area contributed by atoms with Crippen LogP contribution in [0.1, 0.15) is 11.5 Å². The monoisotopic (exact) mass is 342 g/mol. The second-order valence-corrected chi connectivity index (χ2v) is 5.17. The molecule has 0 spiro atoms. The highest BCUT2D eigenvalue weighted by atomic mass is 19.1. The van der Waals surface area contributed by atoms with Gasteiger partial charge in [-0.3, -0.25) is 4.79 Å². The highest BCUT2D eigenvalue weighted by molar-refractivity contribution is 5.72. The molecule has 0 N–H and O–H groups in total. The van der Waals surface area contributed by atoms with Gasteiger partial charge in [0, 0.05) is 5.56 Å². The summed E-state index contributed by atoms with van der Waals surface area (Å²) in [6, 6.07) is 13.6. The fourth-order valence-electron chi connectivity index (χ4n) is 2.19. The van der Waals surface area contributed by atoms with E-state index in [9.17, 15) is 9.18 Å². The first-order chi connectivity index (χ1) is 12.2. The first kappa shape index (κ1) is 16.6. The Labute approximate surface area is 143 Å². The molecule has 0 fully saturated rings. The van der Waals surface area contributed by atoms with Crippen LogP contribution in [0, 0.1) is 5.82 Å². The van der Waals surface area contributed by atoms with Crippen LogP contribution >= 0.6 is 0 Å². The molecule has 0 radical (unpaired) electrons. The van der Waals surface area contributed by atoms with E-state index in [4.69, 9.17) is 13.9 Å².